The van der Waals surface area contributed by atoms with E-state index >= 15 is 0 Å². The fourth-order valence-electron chi connectivity index (χ4n) is 0.609. The summed E-state index contributed by atoms with van der Waals surface area (Å²) in [5.74, 6) is 0. The predicted octanol–water partition coefficient (Wildman–Crippen LogP) is 2.34. The Hall–Kier alpha value is -0.300. The Morgan fingerprint density at radius 2 is 2.10 bits per heavy atom. The average Bonchev–Trinajstić information content (AvgIpc) is 1.87. The van der Waals surface area contributed by atoms with E-state index in [1.54, 1.807) is 0 Å². The average molecular weight is 141 g/mol. The fourth-order valence-corrected chi connectivity index (χ4v) is 0.609. The highest BCUT2D eigenvalue weighted by Crippen LogP contribution is 1.89. The summed E-state index contributed by atoms with van der Waals surface area (Å²) in [6.07, 6.45) is 3.42. The first kappa shape index (κ1) is 9.70. The summed E-state index contributed by atoms with van der Waals surface area (Å²) in [5.41, 5.74) is 1.39. The predicted molar refractivity (Wildman–Crippen MR) is 47.2 cm³/mol. The van der Waals surface area contributed by atoms with Crippen LogP contribution in [0.5, 0.6) is 0 Å². The van der Waals surface area contributed by atoms with E-state index in [0.717, 1.165) is 6.54 Å². The van der Waals surface area contributed by atoms with Crippen LogP contribution in [-0.2, 0) is 0 Å². The van der Waals surface area contributed by atoms with Gasteiger partial charge in [0.15, 0.2) is 0 Å². The molecular formula is C9H19N. The van der Waals surface area contributed by atoms with Crippen LogP contribution in [0.1, 0.15) is 34.1 Å². The third-order valence-corrected chi connectivity index (χ3v) is 1.59. The van der Waals surface area contributed by atoms with Crippen LogP contribution >= 0.6 is 0 Å². The zero-order valence-electron chi connectivity index (χ0n) is 7.57. The highest BCUT2D eigenvalue weighted by molar-refractivity contribution is 4.94. The Kier molecular flexibility index (Phi) is 5.32. The molecule has 0 aliphatic carbocycles. The summed E-state index contributed by atoms with van der Waals surface area (Å²) in [6, 6.07) is 0.649. The zero-order chi connectivity index (χ0) is 7.98. The molecule has 1 nitrogen and oxygen atoms in total. The number of rotatable bonds is 4. The topological polar surface area (TPSA) is 12.0 Å². The summed E-state index contributed by atoms with van der Waals surface area (Å²) < 4.78 is 0. The lowest BCUT2D eigenvalue weighted by Gasteiger charge is -2.08. The van der Waals surface area contributed by atoms with Crippen LogP contribution in [0.25, 0.3) is 0 Å². The molecule has 0 spiro atoms. The van der Waals surface area contributed by atoms with Gasteiger partial charge in [0.25, 0.3) is 0 Å². The Morgan fingerprint density at radius 3 is 2.50 bits per heavy atom. The minimum Gasteiger partial charge on any atom is -0.311 e. The quantitative estimate of drug-likeness (QED) is 0.592. The smallest absolute Gasteiger partial charge is 0.0139 e. The molecule has 0 aromatic rings. The number of hydrogen-bond acceptors (Lipinski definition) is 1. The van der Waals surface area contributed by atoms with Crippen LogP contribution < -0.4 is 5.32 Å². The lowest BCUT2D eigenvalue weighted by Crippen LogP contribution is -2.25. The normalized spacial score (nSPS) is 12.8. The van der Waals surface area contributed by atoms with Gasteiger partial charge in [-0.05, 0) is 27.2 Å². The first-order chi connectivity index (χ1) is 4.66. The highest BCUT2D eigenvalue weighted by Gasteiger charge is 1.92. The standard InChI is InChI=1S/C9H19N/c1-5-9(4)10-7-6-8(2)3/h6,9-10H,5,7H2,1-4H3. The maximum atomic E-state index is 3.39. The summed E-state index contributed by atoms with van der Waals surface area (Å²) >= 11 is 0. The van der Waals surface area contributed by atoms with E-state index in [1.165, 1.54) is 12.0 Å². The molecule has 0 aliphatic rings. The summed E-state index contributed by atoms with van der Waals surface area (Å²) in [6.45, 7) is 9.66. The molecule has 0 aromatic heterocycles. The van der Waals surface area contributed by atoms with E-state index in [9.17, 15) is 0 Å². The maximum Gasteiger partial charge on any atom is 0.0139 e. The number of allylic oxidation sites excluding steroid dienone is 1. The molecule has 0 saturated heterocycles. The van der Waals surface area contributed by atoms with Crippen molar-refractivity contribution in [3.05, 3.63) is 11.6 Å². The molecule has 0 rings (SSSR count). The van der Waals surface area contributed by atoms with Crippen LogP contribution in [0.4, 0.5) is 0 Å². The van der Waals surface area contributed by atoms with Crippen molar-refractivity contribution in [3.8, 4) is 0 Å². The molecule has 0 heterocycles. The second-order valence-corrected chi connectivity index (χ2v) is 3.00. The molecule has 0 radical (unpaired) electrons. The van der Waals surface area contributed by atoms with Crippen LogP contribution in [0.2, 0.25) is 0 Å². The van der Waals surface area contributed by atoms with Gasteiger partial charge in [0.2, 0.25) is 0 Å². The Labute approximate surface area is 64.5 Å². The first-order valence-corrected chi connectivity index (χ1v) is 4.03. The highest BCUT2D eigenvalue weighted by atomic mass is 14.9. The lowest BCUT2D eigenvalue weighted by atomic mass is 10.2. The van der Waals surface area contributed by atoms with Gasteiger partial charge in [-0.15, -0.1) is 0 Å². The Morgan fingerprint density at radius 1 is 1.50 bits per heavy atom. The van der Waals surface area contributed by atoms with Crippen LogP contribution in [0.15, 0.2) is 11.6 Å². The molecule has 1 unspecified atom stereocenters. The van der Waals surface area contributed by atoms with Crippen molar-refractivity contribution in [3.63, 3.8) is 0 Å². The number of hydrogen-bond donors (Lipinski definition) is 1. The minimum absolute atomic E-state index is 0.649. The van der Waals surface area contributed by atoms with E-state index < -0.39 is 0 Å². The van der Waals surface area contributed by atoms with Gasteiger partial charge in [-0.3, -0.25) is 0 Å². The van der Waals surface area contributed by atoms with Crippen molar-refractivity contribution in [2.24, 2.45) is 0 Å². The Balaban J connectivity index is 3.28. The third-order valence-electron chi connectivity index (χ3n) is 1.59. The van der Waals surface area contributed by atoms with E-state index in [1.807, 2.05) is 0 Å². The van der Waals surface area contributed by atoms with E-state index in [4.69, 9.17) is 0 Å². The van der Waals surface area contributed by atoms with Crippen molar-refractivity contribution in [2.45, 2.75) is 40.2 Å². The molecule has 1 atom stereocenters. The molecule has 1 N–H and O–H groups in total. The van der Waals surface area contributed by atoms with Gasteiger partial charge >= 0.3 is 0 Å². The summed E-state index contributed by atoms with van der Waals surface area (Å²) in [7, 11) is 0. The van der Waals surface area contributed by atoms with Gasteiger partial charge in [0, 0.05) is 12.6 Å². The summed E-state index contributed by atoms with van der Waals surface area (Å²) in [5, 5.41) is 3.39. The van der Waals surface area contributed by atoms with Crippen LogP contribution in [0, 0.1) is 0 Å². The second-order valence-electron chi connectivity index (χ2n) is 3.00. The Bertz CT molecular complexity index is 101. The molecular weight excluding hydrogens is 122 g/mol. The molecule has 0 amide bonds. The lowest BCUT2D eigenvalue weighted by molar-refractivity contribution is 0.566. The van der Waals surface area contributed by atoms with Gasteiger partial charge in [0.05, 0.1) is 0 Å². The molecule has 0 fully saturated rings. The minimum atomic E-state index is 0.649. The van der Waals surface area contributed by atoms with E-state index in [0.29, 0.717) is 6.04 Å². The van der Waals surface area contributed by atoms with Crippen molar-refractivity contribution in [1.82, 2.24) is 5.32 Å². The van der Waals surface area contributed by atoms with Gasteiger partial charge in [-0.1, -0.05) is 18.6 Å². The molecule has 10 heavy (non-hydrogen) atoms. The van der Waals surface area contributed by atoms with Crippen molar-refractivity contribution >= 4 is 0 Å². The SMILES string of the molecule is CCC(C)NCC=C(C)C. The molecule has 0 bridgehead atoms. The number of nitrogens with one attached hydrogen (secondary N) is 1. The molecule has 60 valence electrons. The third kappa shape index (κ3) is 5.83. The van der Waals surface area contributed by atoms with E-state index in [-0.39, 0.29) is 0 Å². The molecule has 0 aromatic carbocycles. The first-order valence-electron chi connectivity index (χ1n) is 4.03. The monoisotopic (exact) mass is 141 g/mol. The second kappa shape index (κ2) is 5.48. The molecule has 1 heteroatoms. The van der Waals surface area contributed by atoms with Crippen molar-refractivity contribution < 1.29 is 0 Å². The van der Waals surface area contributed by atoms with Gasteiger partial charge in [0.1, 0.15) is 0 Å². The zero-order valence-corrected chi connectivity index (χ0v) is 7.57. The van der Waals surface area contributed by atoms with Gasteiger partial charge in [-0.2, -0.15) is 0 Å². The van der Waals surface area contributed by atoms with Crippen molar-refractivity contribution in [1.29, 1.82) is 0 Å². The molecule has 0 saturated carbocycles. The largest absolute Gasteiger partial charge is 0.311 e. The van der Waals surface area contributed by atoms with Crippen LogP contribution in [-0.4, -0.2) is 12.6 Å². The van der Waals surface area contributed by atoms with E-state index in [2.05, 4.69) is 39.1 Å². The van der Waals surface area contributed by atoms with Gasteiger partial charge < -0.3 is 5.32 Å². The van der Waals surface area contributed by atoms with Crippen LogP contribution in [0.3, 0.4) is 0 Å². The summed E-state index contributed by atoms with van der Waals surface area (Å²) in [4.78, 5) is 0. The van der Waals surface area contributed by atoms with Gasteiger partial charge in [-0.25, -0.2) is 0 Å². The fraction of sp³-hybridized carbons (Fsp3) is 0.778. The maximum absolute atomic E-state index is 3.39. The van der Waals surface area contributed by atoms with Crippen molar-refractivity contribution in [2.75, 3.05) is 6.54 Å². The molecule has 0 aliphatic heterocycles.